The van der Waals surface area contributed by atoms with Gasteiger partial charge in [-0.05, 0) is 19.1 Å². The number of oxazole rings is 1. The van der Waals surface area contributed by atoms with E-state index in [9.17, 15) is 0 Å². The molecule has 1 aromatic carbocycles. The quantitative estimate of drug-likeness (QED) is 0.841. The summed E-state index contributed by atoms with van der Waals surface area (Å²) in [6, 6.07) is 5.96. The first kappa shape index (κ1) is 10.3. The molecule has 80 valence electrons. The van der Waals surface area contributed by atoms with Gasteiger partial charge in [0, 0.05) is 12.6 Å². The van der Waals surface area contributed by atoms with E-state index in [2.05, 4.69) is 10.3 Å². The summed E-state index contributed by atoms with van der Waals surface area (Å²) < 4.78 is 5.44. The number of anilines is 1. The van der Waals surface area contributed by atoms with Crippen LogP contribution < -0.4 is 11.1 Å². The normalized spacial score (nSPS) is 13.0. The van der Waals surface area contributed by atoms with Crippen molar-refractivity contribution in [2.45, 2.75) is 13.0 Å². The second kappa shape index (κ2) is 4.08. The van der Waals surface area contributed by atoms with Crippen molar-refractivity contribution in [1.29, 1.82) is 0 Å². The van der Waals surface area contributed by atoms with E-state index in [1.165, 1.54) is 0 Å². The molecule has 0 radical (unpaired) electrons. The Kier molecular flexibility index (Phi) is 2.79. The minimum absolute atomic E-state index is 0.0514. The van der Waals surface area contributed by atoms with Gasteiger partial charge in [-0.25, -0.2) is 0 Å². The van der Waals surface area contributed by atoms with Gasteiger partial charge in [0.2, 0.25) is 0 Å². The number of halogens is 1. The largest absolute Gasteiger partial charge is 0.422 e. The number of nitrogens with two attached hydrogens (primary N) is 1. The summed E-state index contributed by atoms with van der Waals surface area (Å²) in [5, 5.41) is 3.56. The maximum atomic E-state index is 5.95. The van der Waals surface area contributed by atoms with Gasteiger partial charge in [-0.15, -0.1) is 0 Å². The first-order valence-corrected chi connectivity index (χ1v) is 5.09. The van der Waals surface area contributed by atoms with Gasteiger partial charge in [0.1, 0.15) is 5.52 Å². The van der Waals surface area contributed by atoms with Crippen LogP contribution in [0.1, 0.15) is 6.92 Å². The number of fused-ring (bicyclic) bond motifs is 1. The van der Waals surface area contributed by atoms with E-state index in [0.717, 1.165) is 5.52 Å². The zero-order valence-corrected chi connectivity index (χ0v) is 9.08. The first-order valence-electron chi connectivity index (χ1n) is 4.71. The van der Waals surface area contributed by atoms with Gasteiger partial charge in [0.15, 0.2) is 5.58 Å². The van der Waals surface area contributed by atoms with Crippen molar-refractivity contribution in [3.63, 3.8) is 0 Å². The molecule has 1 unspecified atom stereocenters. The highest BCUT2D eigenvalue weighted by Gasteiger charge is 2.08. The number of nitrogens with one attached hydrogen (secondary N) is 1. The molecule has 0 spiro atoms. The maximum Gasteiger partial charge on any atom is 0.295 e. The van der Waals surface area contributed by atoms with E-state index in [-0.39, 0.29) is 6.04 Å². The Hall–Kier alpha value is -1.26. The van der Waals surface area contributed by atoms with Gasteiger partial charge in [0.05, 0.1) is 5.02 Å². The summed E-state index contributed by atoms with van der Waals surface area (Å²) >= 11 is 5.95. The Morgan fingerprint density at radius 1 is 1.60 bits per heavy atom. The highest BCUT2D eigenvalue weighted by molar-refractivity contribution is 6.34. The summed E-state index contributed by atoms with van der Waals surface area (Å²) in [7, 11) is 0. The van der Waals surface area contributed by atoms with E-state index in [1.807, 2.05) is 19.1 Å². The Bertz CT molecular complexity index is 467. The van der Waals surface area contributed by atoms with Gasteiger partial charge >= 0.3 is 0 Å². The van der Waals surface area contributed by atoms with Crippen LogP contribution in [0.4, 0.5) is 6.01 Å². The van der Waals surface area contributed by atoms with Crippen LogP contribution in [-0.2, 0) is 0 Å². The number of aromatic nitrogens is 1. The zero-order valence-electron chi connectivity index (χ0n) is 8.33. The third-order valence-corrected chi connectivity index (χ3v) is 2.24. The van der Waals surface area contributed by atoms with E-state index in [4.69, 9.17) is 21.8 Å². The van der Waals surface area contributed by atoms with Gasteiger partial charge in [-0.1, -0.05) is 17.7 Å². The van der Waals surface area contributed by atoms with Gasteiger partial charge in [-0.2, -0.15) is 4.98 Å². The molecule has 3 N–H and O–H groups in total. The smallest absolute Gasteiger partial charge is 0.295 e. The topological polar surface area (TPSA) is 64.1 Å². The molecule has 2 rings (SSSR count). The predicted octanol–water partition coefficient (Wildman–Crippen LogP) is 2.24. The lowest BCUT2D eigenvalue weighted by Gasteiger charge is -2.03. The molecule has 0 saturated heterocycles. The molecule has 0 bridgehead atoms. The maximum absolute atomic E-state index is 5.95. The molecule has 0 amide bonds. The average Bonchev–Trinajstić information content (AvgIpc) is 2.59. The minimum Gasteiger partial charge on any atom is -0.422 e. The first-order chi connectivity index (χ1) is 7.16. The number of hydrogen-bond donors (Lipinski definition) is 2. The van der Waals surface area contributed by atoms with Crippen LogP contribution in [-0.4, -0.2) is 17.6 Å². The van der Waals surface area contributed by atoms with Crippen molar-refractivity contribution in [2.24, 2.45) is 5.73 Å². The van der Waals surface area contributed by atoms with Crippen LogP contribution in [0.15, 0.2) is 22.6 Å². The molecular weight excluding hydrogens is 214 g/mol. The lowest BCUT2D eigenvalue weighted by Crippen LogP contribution is -2.25. The molecule has 1 aromatic heterocycles. The lowest BCUT2D eigenvalue weighted by atomic mass is 10.3. The Morgan fingerprint density at radius 2 is 2.40 bits per heavy atom. The molecule has 1 heterocycles. The lowest BCUT2D eigenvalue weighted by molar-refractivity contribution is 0.608. The van der Waals surface area contributed by atoms with Crippen molar-refractivity contribution < 1.29 is 4.42 Å². The molecule has 4 nitrogen and oxygen atoms in total. The van der Waals surface area contributed by atoms with Crippen LogP contribution in [0.5, 0.6) is 0 Å². The third-order valence-electron chi connectivity index (χ3n) is 1.94. The number of rotatable bonds is 3. The fourth-order valence-corrected chi connectivity index (χ4v) is 1.45. The van der Waals surface area contributed by atoms with Crippen LogP contribution >= 0.6 is 11.6 Å². The molecule has 0 aliphatic carbocycles. The van der Waals surface area contributed by atoms with Crippen LogP contribution in [0.25, 0.3) is 11.1 Å². The summed E-state index contributed by atoms with van der Waals surface area (Å²) in [4.78, 5) is 4.23. The number of nitrogens with zero attached hydrogens (tertiary/aromatic N) is 1. The molecule has 0 saturated carbocycles. The van der Waals surface area contributed by atoms with E-state index in [0.29, 0.717) is 23.2 Å². The van der Waals surface area contributed by atoms with Crippen molar-refractivity contribution in [3.8, 4) is 0 Å². The van der Waals surface area contributed by atoms with Crippen molar-refractivity contribution in [1.82, 2.24) is 4.98 Å². The fourth-order valence-electron chi connectivity index (χ4n) is 1.24. The highest BCUT2D eigenvalue weighted by atomic mass is 35.5. The molecule has 0 aliphatic rings. The number of para-hydroxylation sites is 1. The predicted molar refractivity (Wildman–Crippen MR) is 61.2 cm³/mol. The summed E-state index contributed by atoms with van der Waals surface area (Å²) in [6.07, 6.45) is 0. The number of benzene rings is 1. The molecule has 5 heteroatoms. The molecular formula is C10H12ClN3O. The second-order valence-corrected chi connectivity index (χ2v) is 3.87. The van der Waals surface area contributed by atoms with Gasteiger partial charge in [-0.3, -0.25) is 0 Å². The number of hydrogen-bond acceptors (Lipinski definition) is 4. The zero-order chi connectivity index (χ0) is 10.8. The SMILES string of the molecule is CC(N)CNc1nc2cccc(Cl)c2o1. The molecule has 0 aliphatic heterocycles. The van der Waals surface area contributed by atoms with Gasteiger partial charge in [0.25, 0.3) is 6.01 Å². The summed E-state index contributed by atoms with van der Waals surface area (Å²) in [5.74, 6) is 0. The fraction of sp³-hybridized carbons (Fsp3) is 0.300. The average molecular weight is 226 g/mol. The van der Waals surface area contributed by atoms with Crippen LogP contribution in [0.3, 0.4) is 0 Å². The minimum atomic E-state index is 0.0514. The molecule has 1 atom stereocenters. The van der Waals surface area contributed by atoms with Crippen molar-refractivity contribution >= 4 is 28.7 Å². The van der Waals surface area contributed by atoms with Crippen molar-refractivity contribution in [2.75, 3.05) is 11.9 Å². The van der Waals surface area contributed by atoms with E-state index >= 15 is 0 Å². The highest BCUT2D eigenvalue weighted by Crippen LogP contribution is 2.25. The molecule has 15 heavy (non-hydrogen) atoms. The van der Waals surface area contributed by atoms with Crippen LogP contribution in [0.2, 0.25) is 5.02 Å². The van der Waals surface area contributed by atoms with Crippen molar-refractivity contribution in [3.05, 3.63) is 23.2 Å². The van der Waals surface area contributed by atoms with Crippen LogP contribution in [0, 0.1) is 0 Å². The van der Waals surface area contributed by atoms with Gasteiger partial charge < -0.3 is 15.5 Å². The summed E-state index contributed by atoms with van der Waals surface area (Å²) in [5.41, 5.74) is 6.95. The monoisotopic (exact) mass is 225 g/mol. The Labute approximate surface area is 92.4 Å². The Morgan fingerprint density at radius 3 is 3.07 bits per heavy atom. The van der Waals surface area contributed by atoms with E-state index < -0.39 is 0 Å². The molecule has 2 aromatic rings. The summed E-state index contributed by atoms with van der Waals surface area (Å²) in [6.45, 7) is 2.52. The van der Waals surface area contributed by atoms with E-state index in [1.54, 1.807) is 6.07 Å². The standard InChI is InChI=1S/C10H12ClN3O/c1-6(12)5-13-10-14-8-4-2-3-7(11)9(8)15-10/h2-4,6H,5,12H2,1H3,(H,13,14). The Balaban J connectivity index is 2.27. The molecule has 0 fully saturated rings. The third kappa shape index (κ3) is 2.22. The second-order valence-electron chi connectivity index (χ2n) is 3.47.